The Hall–Kier alpha value is -1.20. The molecular formula is C16H20ClNO3S. The van der Waals surface area contributed by atoms with Crippen LogP contribution in [0, 0.1) is 5.92 Å². The van der Waals surface area contributed by atoms with E-state index in [2.05, 4.69) is 0 Å². The van der Waals surface area contributed by atoms with Crippen LogP contribution in [-0.4, -0.2) is 40.7 Å². The summed E-state index contributed by atoms with van der Waals surface area (Å²) in [5, 5.41) is 9.51. The van der Waals surface area contributed by atoms with E-state index in [4.69, 9.17) is 16.7 Å². The smallest absolute Gasteiger partial charge is 0.303 e. The Balaban J connectivity index is 1.70. The first-order valence-corrected chi connectivity index (χ1v) is 8.79. The van der Waals surface area contributed by atoms with Crippen molar-refractivity contribution in [3.63, 3.8) is 0 Å². The number of carboxylic acid groups (broad SMARTS) is 1. The van der Waals surface area contributed by atoms with E-state index < -0.39 is 5.97 Å². The number of hydrogen-bond acceptors (Lipinski definition) is 3. The second-order valence-electron chi connectivity index (χ2n) is 5.45. The molecule has 1 aliphatic rings. The molecule has 1 saturated heterocycles. The van der Waals surface area contributed by atoms with Crippen molar-refractivity contribution in [1.29, 1.82) is 0 Å². The Morgan fingerprint density at radius 3 is 2.59 bits per heavy atom. The summed E-state index contributed by atoms with van der Waals surface area (Å²) in [5.74, 6) is 0.311. The van der Waals surface area contributed by atoms with Gasteiger partial charge in [-0.3, -0.25) is 9.59 Å². The number of halogens is 1. The zero-order chi connectivity index (χ0) is 15.9. The molecule has 0 radical (unpaired) electrons. The molecule has 1 N–H and O–H groups in total. The Kier molecular flexibility index (Phi) is 6.58. The van der Waals surface area contributed by atoms with Gasteiger partial charge in [0.2, 0.25) is 5.91 Å². The number of thioether (sulfide) groups is 1. The van der Waals surface area contributed by atoms with Crippen molar-refractivity contribution in [2.24, 2.45) is 5.92 Å². The van der Waals surface area contributed by atoms with Crippen molar-refractivity contribution < 1.29 is 14.7 Å². The molecule has 0 saturated carbocycles. The second-order valence-corrected chi connectivity index (χ2v) is 6.99. The minimum atomic E-state index is -0.749. The van der Waals surface area contributed by atoms with E-state index in [1.54, 1.807) is 11.8 Å². The monoisotopic (exact) mass is 341 g/mol. The van der Waals surface area contributed by atoms with Gasteiger partial charge in [0.15, 0.2) is 0 Å². The number of amides is 1. The second kappa shape index (κ2) is 8.44. The van der Waals surface area contributed by atoms with Crippen molar-refractivity contribution >= 4 is 35.2 Å². The Morgan fingerprint density at radius 2 is 1.95 bits per heavy atom. The number of piperidine rings is 1. The van der Waals surface area contributed by atoms with Crippen LogP contribution in [0.25, 0.3) is 0 Å². The van der Waals surface area contributed by atoms with Crippen LogP contribution in [0.3, 0.4) is 0 Å². The Labute approximate surface area is 139 Å². The maximum absolute atomic E-state index is 12.2. The minimum Gasteiger partial charge on any atom is -0.481 e. The number of carbonyl (C=O) groups excluding carboxylic acids is 1. The highest BCUT2D eigenvalue weighted by atomic mass is 35.5. The van der Waals surface area contributed by atoms with Gasteiger partial charge in [-0.2, -0.15) is 0 Å². The van der Waals surface area contributed by atoms with E-state index in [-0.39, 0.29) is 18.2 Å². The number of benzene rings is 1. The van der Waals surface area contributed by atoms with Gasteiger partial charge in [0.25, 0.3) is 0 Å². The van der Waals surface area contributed by atoms with E-state index in [9.17, 15) is 9.59 Å². The average molecular weight is 342 g/mol. The molecular weight excluding hydrogens is 322 g/mol. The summed E-state index contributed by atoms with van der Waals surface area (Å²) in [4.78, 5) is 25.7. The first-order chi connectivity index (χ1) is 10.6. The number of rotatable bonds is 6. The van der Waals surface area contributed by atoms with Gasteiger partial charge in [-0.05, 0) is 30.9 Å². The summed E-state index contributed by atoms with van der Waals surface area (Å²) in [6.45, 7) is 1.35. The fraction of sp³-hybridized carbons (Fsp3) is 0.500. The lowest BCUT2D eigenvalue weighted by Gasteiger charge is -2.31. The van der Waals surface area contributed by atoms with E-state index in [1.165, 1.54) is 0 Å². The van der Waals surface area contributed by atoms with Gasteiger partial charge in [0.1, 0.15) is 0 Å². The zero-order valence-electron chi connectivity index (χ0n) is 12.3. The minimum absolute atomic E-state index is 0.147. The molecule has 6 heteroatoms. The quantitative estimate of drug-likeness (QED) is 0.804. The SMILES string of the molecule is O=C(O)CC1CCN(C(=O)CCSc2ccccc2Cl)CC1. The van der Waals surface area contributed by atoms with Crippen molar-refractivity contribution in [3.05, 3.63) is 29.3 Å². The van der Waals surface area contributed by atoms with Crippen molar-refractivity contribution in [1.82, 2.24) is 4.90 Å². The molecule has 1 fully saturated rings. The van der Waals surface area contributed by atoms with Crippen molar-refractivity contribution in [2.75, 3.05) is 18.8 Å². The lowest BCUT2D eigenvalue weighted by atomic mass is 9.93. The Bertz CT molecular complexity index is 530. The number of likely N-dealkylation sites (tertiary alicyclic amines) is 1. The van der Waals surface area contributed by atoms with Gasteiger partial charge in [0.05, 0.1) is 5.02 Å². The van der Waals surface area contributed by atoms with Gasteiger partial charge in [-0.1, -0.05) is 23.7 Å². The average Bonchev–Trinajstić information content (AvgIpc) is 2.49. The number of nitrogens with zero attached hydrogens (tertiary/aromatic N) is 1. The molecule has 120 valence electrons. The van der Waals surface area contributed by atoms with Crippen LogP contribution in [0.1, 0.15) is 25.7 Å². The van der Waals surface area contributed by atoms with Gasteiger partial charge < -0.3 is 10.0 Å². The van der Waals surface area contributed by atoms with Crippen LogP contribution in [0.15, 0.2) is 29.2 Å². The summed E-state index contributed by atoms with van der Waals surface area (Å²) < 4.78 is 0. The number of hydrogen-bond donors (Lipinski definition) is 1. The highest BCUT2D eigenvalue weighted by molar-refractivity contribution is 7.99. The third-order valence-electron chi connectivity index (χ3n) is 3.84. The van der Waals surface area contributed by atoms with Crippen LogP contribution in [0.5, 0.6) is 0 Å². The molecule has 0 aliphatic carbocycles. The largest absolute Gasteiger partial charge is 0.481 e. The molecule has 0 aromatic heterocycles. The molecule has 0 atom stereocenters. The zero-order valence-corrected chi connectivity index (χ0v) is 13.9. The molecule has 22 heavy (non-hydrogen) atoms. The summed E-state index contributed by atoms with van der Waals surface area (Å²) in [6.07, 6.45) is 2.27. The van der Waals surface area contributed by atoms with Crippen LogP contribution in [0.4, 0.5) is 0 Å². The van der Waals surface area contributed by atoms with E-state index in [1.807, 2.05) is 29.2 Å². The van der Waals surface area contributed by atoms with Gasteiger partial charge >= 0.3 is 5.97 Å². The highest BCUT2D eigenvalue weighted by Gasteiger charge is 2.23. The van der Waals surface area contributed by atoms with Gasteiger partial charge in [-0.15, -0.1) is 11.8 Å². The molecule has 1 amide bonds. The standard InChI is InChI=1S/C16H20ClNO3S/c17-13-3-1-2-4-14(13)22-10-7-15(19)18-8-5-12(6-9-18)11-16(20)21/h1-4,12H,5-11H2,(H,20,21). The number of carboxylic acids is 1. The summed E-state index contributed by atoms with van der Waals surface area (Å²) in [6, 6.07) is 7.62. The molecule has 1 aliphatic heterocycles. The van der Waals surface area contributed by atoms with Gasteiger partial charge in [0, 0.05) is 36.6 Å². The maximum Gasteiger partial charge on any atom is 0.303 e. The fourth-order valence-electron chi connectivity index (χ4n) is 2.60. The van der Waals surface area contributed by atoms with E-state index in [0.717, 1.165) is 22.8 Å². The number of aliphatic carboxylic acids is 1. The predicted octanol–water partition coefficient (Wildman–Crippen LogP) is 3.54. The first kappa shape index (κ1) is 17.2. The van der Waals surface area contributed by atoms with Crippen LogP contribution < -0.4 is 0 Å². The molecule has 4 nitrogen and oxygen atoms in total. The molecule has 0 spiro atoms. The summed E-state index contributed by atoms with van der Waals surface area (Å²) in [5.41, 5.74) is 0. The normalized spacial score (nSPS) is 15.8. The fourth-order valence-corrected chi connectivity index (χ4v) is 3.78. The van der Waals surface area contributed by atoms with Crippen LogP contribution >= 0.6 is 23.4 Å². The molecule has 1 aromatic carbocycles. The lowest BCUT2D eigenvalue weighted by molar-refractivity contribution is -0.138. The predicted molar refractivity (Wildman–Crippen MR) is 88.3 cm³/mol. The van der Waals surface area contributed by atoms with Crippen LogP contribution in [0.2, 0.25) is 5.02 Å². The topological polar surface area (TPSA) is 57.6 Å². The van der Waals surface area contributed by atoms with Crippen molar-refractivity contribution in [3.8, 4) is 0 Å². The van der Waals surface area contributed by atoms with E-state index >= 15 is 0 Å². The molecule has 1 heterocycles. The van der Waals surface area contributed by atoms with Crippen molar-refractivity contribution in [2.45, 2.75) is 30.6 Å². The maximum atomic E-state index is 12.2. The van der Waals surface area contributed by atoms with E-state index in [0.29, 0.717) is 25.3 Å². The molecule has 1 aromatic rings. The lowest BCUT2D eigenvalue weighted by Crippen LogP contribution is -2.39. The molecule has 2 rings (SSSR count). The van der Waals surface area contributed by atoms with Crippen LogP contribution in [-0.2, 0) is 9.59 Å². The van der Waals surface area contributed by atoms with Gasteiger partial charge in [-0.25, -0.2) is 0 Å². The summed E-state index contributed by atoms with van der Waals surface area (Å²) in [7, 11) is 0. The molecule has 0 bridgehead atoms. The summed E-state index contributed by atoms with van der Waals surface area (Å²) >= 11 is 7.67. The third-order valence-corrected chi connectivity index (χ3v) is 5.36. The molecule has 0 unspecified atom stereocenters. The third kappa shape index (κ3) is 5.21. The number of carbonyl (C=O) groups is 2. The highest BCUT2D eigenvalue weighted by Crippen LogP contribution is 2.27. The first-order valence-electron chi connectivity index (χ1n) is 7.43. The Morgan fingerprint density at radius 1 is 1.27 bits per heavy atom.